The van der Waals surface area contributed by atoms with Crippen LogP contribution in [0.5, 0.6) is 0 Å². The van der Waals surface area contributed by atoms with Crippen molar-refractivity contribution in [2.24, 2.45) is 5.11 Å². The summed E-state index contributed by atoms with van der Waals surface area (Å²) in [4.78, 5) is 2.83. The fourth-order valence-electron chi connectivity index (χ4n) is 2.35. The second-order valence-electron chi connectivity index (χ2n) is 4.77. The lowest BCUT2D eigenvalue weighted by Crippen LogP contribution is -2.41. The maximum absolute atomic E-state index is 13.1. The summed E-state index contributed by atoms with van der Waals surface area (Å²) >= 11 is 0. The van der Waals surface area contributed by atoms with Crippen molar-refractivity contribution in [3.05, 3.63) is 40.0 Å². The van der Waals surface area contributed by atoms with E-state index in [1.54, 1.807) is 6.92 Å². The van der Waals surface area contributed by atoms with Crippen molar-refractivity contribution in [2.75, 3.05) is 13.1 Å². The van der Waals surface area contributed by atoms with Gasteiger partial charge in [0.1, 0.15) is 5.82 Å². The van der Waals surface area contributed by atoms with Gasteiger partial charge in [0, 0.05) is 18.0 Å². The molecule has 1 saturated heterocycles. The van der Waals surface area contributed by atoms with Crippen LogP contribution < -0.4 is 0 Å². The molecule has 1 fully saturated rings. The lowest BCUT2D eigenvalue weighted by molar-refractivity contribution is 0.315. The van der Waals surface area contributed by atoms with Gasteiger partial charge in [-0.1, -0.05) is 5.11 Å². The van der Waals surface area contributed by atoms with Crippen molar-refractivity contribution in [2.45, 2.75) is 30.7 Å². The first kappa shape index (κ1) is 14.8. The molecule has 1 aromatic rings. The minimum atomic E-state index is -3.68. The van der Waals surface area contributed by atoms with Crippen molar-refractivity contribution in [3.63, 3.8) is 0 Å². The van der Waals surface area contributed by atoms with E-state index in [0.717, 1.165) is 6.07 Å². The highest BCUT2D eigenvalue weighted by atomic mass is 32.2. The minimum absolute atomic E-state index is 0.0977. The second-order valence-corrected chi connectivity index (χ2v) is 6.68. The van der Waals surface area contributed by atoms with Crippen molar-refractivity contribution in [1.29, 1.82) is 0 Å². The van der Waals surface area contributed by atoms with Gasteiger partial charge in [-0.05, 0) is 49.1 Å². The molecule has 0 bridgehead atoms. The van der Waals surface area contributed by atoms with Crippen LogP contribution in [-0.4, -0.2) is 31.9 Å². The molecule has 1 aliphatic rings. The maximum Gasteiger partial charge on any atom is 0.243 e. The number of piperidine rings is 1. The highest BCUT2D eigenvalue weighted by Crippen LogP contribution is 2.24. The molecule has 0 aromatic heterocycles. The molecular formula is C12H15FN4O2S. The molecule has 0 amide bonds. The number of nitrogens with zero attached hydrogens (tertiary/aromatic N) is 4. The van der Waals surface area contributed by atoms with E-state index in [2.05, 4.69) is 10.0 Å². The van der Waals surface area contributed by atoms with E-state index in [1.165, 1.54) is 16.4 Å². The molecule has 1 unspecified atom stereocenters. The molecule has 1 heterocycles. The Bertz CT molecular complexity index is 655. The Labute approximate surface area is 116 Å². The van der Waals surface area contributed by atoms with Crippen LogP contribution in [0, 0.1) is 12.7 Å². The zero-order valence-corrected chi connectivity index (χ0v) is 11.8. The van der Waals surface area contributed by atoms with Gasteiger partial charge in [-0.15, -0.1) is 0 Å². The largest absolute Gasteiger partial charge is 0.243 e. The molecule has 6 nitrogen and oxygen atoms in total. The molecule has 1 aliphatic heterocycles. The van der Waals surface area contributed by atoms with Crippen LogP contribution in [0.4, 0.5) is 4.39 Å². The lowest BCUT2D eigenvalue weighted by atomic mass is 10.1. The SMILES string of the molecule is Cc1cc(F)ccc1S(=O)(=O)N1CCCC(N=[N+]=[N-])C1. The maximum atomic E-state index is 13.1. The van der Waals surface area contributed by atoms with Gasteiger partial charge in [-0.3, -0.25) is 0 Å². The predicted octanol–water partition coefficient (Wildman–Crippen LogP) is 2.60. The number of halogens is 1. The number of rotatable bonds is 3. The van der Waals surface area contributed by atoms with Gasteiger partial charge >= 0.3 is 0 Å². The highest BCUT2D eigenvalue weighted by molar-refractivity contribution is 7.89. The predicted molar refractivity (Wildman–Crippen MR) is 72.1 cm³/mol. The Morgan fingerprint density at radius 2 is 2.25 bits per heavy atom. The summed E-state index contributed by atoms with van der Waals surface area (Å²) in [6.45, 7) is 2.12. The van der Waals surface area contributed by atoms with Crippen LogP contribution in [0.2, 0.25) is 0 Å². The van der Waals surface area contributed by atoms with Crippen molar-refractivity contribution in [1.82, 2.24) is 4.31 Å². The van der Waals surface area contributed by atoms with Crippen molar-refractivity contribution < 1.29 is 12.8 Å². The quantitative estimate of drug-likeness (QED) is 0.488. The van der Waals surface area contributed by atoms with Gasteiger partial charge in [0.05, 0.1) is 10.9 Å². The number of sulfonamides is 1. The van der Waals surface area contributed by atoms with Gasteiger partial charge in [0.2, 0.25) is 10.0 Å². The first-order chi connectivity index (χ1) is 9.45. The van der Waals surface area contributed by atoms with E-state index < -0.39 is 15.8 Å². The summed E-state index contributed by atoms with van der Waals surface area (Å²) in [5.74, 6) is -0.466. The normalized spacial score (nSPS) is 20.4. The fourth-order valence-corrected chi connectivity index (χ4v) is 4.07. The van der Waals surface area contributed by atoms with Crippen LogP contribution in [-0.2, 0) is 10.0 Å². The number of hydrogen-bond acceptors (Lipinski definition) is 3. The lowest BCUT2D eigenvalue weighted by Gasteiger charge is -2.30. The van der Waals surface area contributed by atoms with Gasteiger partial charge < -0.3 is 0 Å². The summed E-state index contributed by atoms with van der Waals surface area (Å²) in [5, 5.41) is 3.59. The zero-order valence-electron chi connectivity index (χ0n) is 11.0. The Morgan fingerprint density at radius 3 is 2.90 bits per heavy atom. The van der Waals surface area contributed by atoms with Crippen LogP contribution in [0.1, 0.15) is 18.4 Å². The molecule has 1 aromatic carbocycles. The topological polar surface area (TPSA) is 86.1 Å². The third kappa shape index (κ3) is 2.92. The average Bonchev–Trinajstić information content (AvgIpc) is 2.39. The van der Waals surface area contributed by atoms with E-state index in [0.29, 0.717) is 24.9 Å². The standard InChI is InChI=1S/C12H15FN4O2S/c1-9-7-10(13)4-5-12(9)20(18,19)17-6-2-3-11(8-17)15-16-14/h4-5,7,11H,2-3,6,8H2,1H3. The molecule has 1 atom stereocenters. The first-order valence-electron chi connectivity index (χ1n) is 6.25. The van der Waals surface area contributed by atoms with E-state index in [9.17, 15) is 12.8 Å². The van der Waals surface area contributed by atoms with Crippen LogP contribution in [0.3, 0.4) is 0 Å². The fraction of sp³-hybridized carbons (Fsp3) is 0.500. The third-order valence-corrected chi connectivity index (χ3v) is 5.35. The van der Waals surface area contributed by atoms with Gasteiger partial charge in [-0.25, -0.2) is 12.8 Å². The van der Waals surface area contributed by atoms with E-state index in [4.69, 9.17) is 5.53 Å². The van der Waals surface area contributed by atoms with Gasteiger partial charge in [-0.2, -0.15) is 4.31 Å². The van der Waals surface area contributed by atoms with Crippen LogP contribution in [0.25, 0.3) is 10.4 Å². The Morgan fingerprint density at radius 1 is 1.50 bits per heavy atom. The van der Waals surface area contributed by atoms with E-state index in [-0.39, 0.29) is 17.5 Å². The summed E-state index contributed by atoms with van der Waals surface area (Å²) in [6, 6.07) is 3.26. The Balaban J connectivity index is 2.32. The number of hydrogen-bond donors (Lipinski definition) is 0. The Kier molecular flexibility index (Phi) is 4.27. The number of benzene rings is 1. The highest BCUT2D eigenvalue weighted by Gasteiger charge is 2.30. The van der Waals surface area contributed by atoms with E-state index in [1.807, 2.05) is 0 Å². The summed E-state index contributed by atoms with van der Waals surface area (Å²) in [5.41, 5.74) is 8.82. The summed E-state index contributed by atoms with van der Waals surface area (Å²) < 4.78 is 39.5. The monoisotopic (exact) mass is 298 g/mol. The molecule has 0 N–H and O–H groups in total. The van der Waals surface area contributed by atoms with Crippen LogP contribution in [0.15, 0.2) is 28.2 Å². The molecule has 8 heteroatoms. The zero-order chi connectivity index (χ0) is 14.8. The third-order valence-electron chi connectivity index (χ3n) is 3.33. The molecule has 0 aliphatic carbocycles. The minimum Gasteiger partial charge on any atom is -0.207 e. The van der Waals surface area contributed by atoms with Crippen molar-refractivity contribution in [3.8, 4) is 0 Å². The Hall–Kier alpha value is -1.63. The molecule has 0 spiro atoms. The van der Waals surface area contributed by atoms with Crippen LogP contribution >= 0.6 is 0 Å². The van der Waals surface area contributed by atoms with Crippen molar-refractivity contribution >= 4 is 10.0 Å². The summed E-state index contributed by atoms with van der Waals surface area (Å²) in [7, 11) is -3.68. The second kappa shape index (κ2) is 5.78. The molecular weight excluding hydrogens is 283 g/mol. The van der Waals surface area contributed by atoms with E-state index >= 15 is 0 Å². The summed E-state index contributed by atoms with van der Waals surface area (Å²) in [6.07, 6.45) is 1.32. The molecule has 108 valence electrons. The molecule has 20 heavy (non-hydrogen) atoms. The molecule has 0 saturated carbocycles. The smallest absolute Gasteiger partial charge is 0.207 e. The molecule has 0 radical (unpaired) electrons. The average molecular weight is 298 g/mol. The number of azide groups is 1. The number of aryl methyl sites for hydroxylation is 1. The molecule has 2 rings (SSSR count). The first-order valence-corrected chi connectivity index (χ1v) is 7.69. The van der Waals surface area contributed by atoms with Gasteiger partial charge in [0.25, 0.3) is 0 Å². The van der Waals surface area contributed by atoms with Gasteiger partial charge in [0.15, 0.2) is 0 Å².